The van der Waals surface area contributed by atoms with Crippen LogP contribution in [-0.4, -0.2) is 17.8 Å². The molecule has 0 saturated carbocycles. The van der Waals surface area contributed by atoms with E-state index in [0.717, 1.165) is 14.3 Å². The van der Waals surface area contributed by atoms with Gasteiger partial charge in [-0.1, -0.05) is 27.5 Å². The summed E-state index contributed by atoms with van der Waals surface area (Å²) in [7, 11) is 0. The highest BCUT2D eigenvalue weighted by molar-refractivity contribution is 9.10. The molecule has 0 radical (unpaired) electrons. The van der Waals surface area contributed by atoms with E-state index in [1.165, 1.54) is 12.1 Å². The molecule has 0 bridgehead atoms. The first-order valence-electron chi connectivity index (χ1n) is 6.22. The number of imide groups is 2. The van der Waals surface area contributed by atoms with Crippen molar-refractivity contribution in [2.24, 2.45) is 0 Å². The lowest BCUT2D eigenvalue weighted by Gasteiger charge is -2.15. The third-order valence-corrected chi connectivity index (χ3v) is 3.92. The van der Waals surface area contributed by atoms with Gasteiger partial charge in [0.15, 0.2) is 0 Å². The molecule has 7 heteroatoms. The molecule has 0 atom stereocenters. The molecule has 110 valence electrons. The third kappa shape index (κ3) is 2.40. The number of anilines is 2. The minimum Gasteiger partial charge on any atom is -0.262 e. The molecule has 0 spiro atoms. The Labute approximate surface area is 139 Å². The van der Waals surface area contributed by atoms with Gasteiger partial charge in [-0.15, -0.1) is 0 Å². The van der Waals surface area contributed by atoms with Gasteiger partial charge in [-0.05, 0) is 48.5 Å². The molecule has 2 aromatic rings. The van der Waals surface area contributed by atoms with Crippen LogP contribution in [-0.2, 0) is 9.59 Å². The van der Waals surface area contributed by atoms with E-state index < -0.39 is 17.8 Å². The van der Waals surface area contributed by atoms with Crippen LogP contribution < -0.4 is 9.80 Å². The molecular formula is C15H8BrClN2O3. The Morgan fingerprint density at radius 3 is 1.59 bits per heavy atom. The second kappa shape index (κ2) is 5.55. The van der Waals surface area contributed by atoms with E-state index in [9.17, 15) is 14.4 Å². The van der Waals surface area contributed by atoms with Gasteiger partial charge in [0, 0.05) is 9.50 Å². The van der Waals surface area contributed by atoms with Crippen molar-refractivity contribution in [2.75, 3.05) is 9.80 Å². The van der Waals surface area contributed by atoms with Crippen molar-refractivity contribution in [3.05, 3.63) is 58.0 Å². The molecule has 4 amide bonds. The van der Waals surface area contributed by atoms with Crippen molar-refractivity contribution in [1.29, 1.82) is 0 Å². The summed E-state index contributed by atoms with van der Waals surface area (Å²) < 4.78 is 0.802. The first-order chi connectivity index (χ1) is 10.5. The lowest BCUT2D eigenvalue weighted by Crippen LogP contribution is -2.33. The minimum absolute atomic E-state index is 0.298. The molecule has 2 aromatic carbocycles. The van der Waals surface area contributed by atoms with Gasteiger partial charge in [-0.2, -0.15) is 0 Å². The van der Waals surface area contributed by atoms with Gasteiger partial charge in [0.25, 0.3) is 0 Å². The van der Waals surface area contributed by atoms with Crippen LogP contribution in [0.5, 0.6) is 0 Å². The van der Waals surface area contributed by atoms with Crippen molar-refractivity contribution in [3.8, 4) is 0 Å². The Bertz CT molecular complexity index is 709. The molecule has 0 unspecified atom stereocenters. The summed E-state index contributed by atoms with van der Waals surface area (Å²) >= 11 is 9.06. The molecular weight excluding hydrogens is 372 g/mol. The van der Waals surface area contributed by atoms with Gasteiger partial charge >= 0.3 is 17.8 Å². The van der Waals surface area contributed by atoms with Crippen molar-refractivity contribution in [3.63, 3.8) is 0 Å². The molecule has 0 N–H and O–H groups in total. The summed E-state index contributed by atoms with van der Waals surface area (Å²) in [5.41, 5.74) is 0.635. The minimum atomic E-state index is -0.893. The van der Waals surface area contributed by atoms with E-state index in [1.807, 2.05) is 0 Å². The fraction of sp³-hybridized carbons (Fsp3) is 0. The van der Waals surface area contributed by atoms with E-state index in [2.05, 4.69) is 15.9 Å². The predicted octanol–water partition coefficient (Wildman–Crippen LogP) is 3.60. The summed E-state index contributed by atoms with van der Waals surface area (Å²) in [5.74, 6) is -1.78. The lowest BCUT2D eigenvalue weighted by atomic mass is 10.3. The second-order valence-corrected chi connectivity index (χ2v) is 5.87. The molecule has 1 aliphatic heterocycles. The molecule has 1 heterocycles. The first-order valence-corrected chi connectivity index (χ1v) is 7.40. The zero-order valence-electron chi connectivity index (χ0n) is 11.0. The first kappa shape index (κ1) is 14.7. The molecule has 5 nitrogen and oxygen atoms in total. The van der Waals surface area contributed by atoms with Gasteiger partial charge in [0.05, 0.1) is 11.4 Å². The number of carbonyl (C=O) groups excluding carboxylic acids is 3. The van der Waals surface area contributed by atoms with Crippen LogP contribution in [0.4, 0.5) is 16.2 Å². The number of benzene rings is 2. The number of carbonyl (C=O) groups is 3. The van der Waals surface area contributed by atoms with Crippen molar-refractivity contribution in [1.82, 2.24) is 0 Å². The monoisotopic (exact) mass is 378 g/mol. The highest BCUT2D eigenvalue weighted by Gasteiger charge is 2.46. The Morgan fingerprint density at radius 2 is 1.14 bits per heavy atom. The largest absolute Gasteiger partial charge is 0.343 e. The summed E-state index contributed by atoms with van der Waals surface area (Å²) in [4.78, 5) is 38.4. The number of urea groups is 1. The maximum Gasteiger partial charge on any atom is 0.343 e. The van der Waals surface area contributed by atoms with E-state index in [4.69, 9.17) is 11.6 Å². The van der Waals surface area contributed by atoms with Crippen molar-refractivity contribution < 1.29 is 14.4 Å². The van der Waals surface area contributed by atoms with Crippen molar-refractivity contribution in [2.45, 2.75) is 0 Å². The van der Waals surface area contributed by atoms with Crippen LogP contribution >= 0.6 is 27.5 Å². The van der Waals surface area contributed by atoms with Gasteiger partial charge in [0.1, 0.15) is 0 Å². The quantitative estimate of drug-likeness (QED) is 0.592. The van der Waals surface area contributed by atoms with Crippen LogP contribution in [0.25, 0.3) is 0 Å². The Kier molecular flexibility index (Phi) is 3.72. The Hall–Kier alpha value is -2.18. The van der Waals surface area contributed by atoms with E-state index >= 15 is 0 Å². The van der Waals surface area contributed by atoms with E-state index in [1.54, 1.807) is 36.4 Å². The average Bonchev–Trinajstić information content (AvgIpc) is 2.72. The van der Waals surface area contributed by atoms with Gasteiger partial charge < -0.3 is 0 Å². The summed E-state index contributed by atoms with van der Waals surface area (Å²) in [6.07, 6.45) is 0. The number of hydrogen-bond acceptors (Lipinski definition) is 3. The summed E-state index contributed by atoms with van der Waals surface area (Å²) in [5, 5.41) is 0.471. The molecule has 0 aliphatic carbocycles. The fourth-order valence-electron chi connectivity index (χ4n) is 2.10. The molecule has 0 aromatic heterocycles. The molecule has 1 aliphatic rings. The maximum atomic E-state index is 12.5. The topological polar surface area (TPSA) is 57.7 Å². The second-order valence-electron chi connectivity index (χ2n) is 4.52. The third-order valence-electron chi connectivity index (χ3n) is 3.14. The number of halogens is 2. The normalized spacial score (nSPS) is 14.9. The smallest absolute Gasteiger partial charge is 0.262 e. The fourth-order valence-corrected chi connectivity index (χ4v) is 2.49. The zero-order chi connectivity index (χ0) is 15.9. The molecule has 22 heavy (non-hydrogen) atoms. The average molecular weight is 380 g/mol. The van der Waals surface area contributed by atoms with Gasteiger partial charge in [-0.25, -0.2) is 14.6 Å². The van der Waals surface area contributed by atoms with Crippen LogP contribution in [0.3, 0.4) is 0 Å². The molecule has 1 saturated heterocycles. The summed E-state index contributed by atoms with van der Waals surface area (Å²) in [6.45, 7) is 0. The highest BCUT2D eigenvalue weighted by Crippen LogP contribution is 2.28. The van der Waals surface area contributed by atoms with Crippen LogP contribution in [0, 0.1) is 0 Å². The van der Waals surface area contributed by atoms with E-state index in [-0.39, 0.29) is 0 Å². The Balaban J connectivity index is 2.00. The van der Waals surface area contributed by atoms with Crippen molar-refractivity contribution >= 4 is 56.8 Å². The number of rotatable bonds is 2. The summed E-state index contributed by atoms with van der Waals surface area (Å²) in [6, 6.07) is 11.9. The zero-order valence-corrected chi connectivity index (χ0v) is 13.3. The van der Waals surface area contributed by atoms with Crippen LogP contribution in [0.15, 0.2) is 53.0 Å². The Morgan fingerprint density at radius 1 is 0.727 bits per heavy atom. The highest BCUT2D eigenvalue weighted by atomic mass is 79.9. The number of nitrogens with zero attached hydrogens (tertiary/aromatic N) is 2. The van der Waals surface area contributed by atoms with Crippen LogP contribution in [0.2, 0.25) is 5.02 Å². The van der Waals surface area contributed by atoms with Crippen LogP contribution in [0.1, 0.15) is 0 Å². The maximum absolute atomic E-state index is 12.5. The standard InChI is InChI=1S/C15H8BrClN2O3/c16-9-1-5-11(6-2-9)18-13(20)14(21)19(15(18)22)12-7-3-10(17)4-8-12/h1-8H. The molecule has 1 fully saturated rings. The molecule has 3 rings (SSSR count). The number of hydrogen-bond donors (Lipinski definition) is 0. The van der Waals surface area contributed by atoms with Gasteiger partial charge in [-0.3, -0.25) is 9.59 Å². The number of amides is 4. The van der Waals surface area contributed by atoms with Gasteiger partial charge in [0.2, 0.25) is 0 Å². The SMILES string of the molecule is O=C1C(=O)N(c2ccc(Br)cc2)C(=O)N1c1ccc(Cl)cc1. The van der Waals surface area contributed by atoms with E-state index in [0.29, 0.717) is 16.4 Å². The lowest BCUT2D eigenvalue weighted by molar-refractivity contribution is -0.133. The predicted molar refractivity (Wildman–Crippen MR) is 86.0 cm³/mol.